The van der Waals surface area contributed by atoms with Gasteiger partial charge >= 0.3 is 6.03 Å². The van der Waals surface area contributed by atoms with E-state index in [4.69, 9.17) is 15.6 Å². The van der Waals surface area contributed by atoms with Gasteiger partial charge in [0.15, 0.2) is 0 Å². The van der Waals surface area contributed by atoms with Crippen molar-refractivity contribution in [3.8, 4) is 0 Å². The molecule has 30 heavy (non-hydrogen) atoms. The Kier molecular flexibility index (Phi) is 11.1. The first kappa shape index (κ1) is 24.0. The zero-order valence-corrected chi connectivity index (χ0v) is 18.0. The summed E-state index contributed by atoms with van der Waals surface area (Å²) in [5.41, 5.74) is 8.04. The average molecular weight is 419 g/mol. The van der Waals surface area contributed by atoms with Crippen molar-refractivity contribution in [3.05, 3.63) is 29.8 Å². The number of piperidine rings is 1. The van der Waals surface area contributed by atoms with Gasteiger partial charge in [0.05, 0.1) is 0 Å². The van der Waals surface area contributed by atoms with Gasteiger partial charge < -0.3 is 26.4 Å². The molecular formula is C23H38N4O3. The molecule has 1 aromatic rings. The predicted octanol–water partition coefficient (Wildman–Crippen LogP) is 3.44. The number of nitrogens with zero attached hydrogens (tertiary/aromatic N) is 1. The van der Waals surface area contributed by atoms with Crippen LogP contribution in [0.25, 0.3) is 0 Å². The van der Waals surface area contributed by atoms with E-state index in [1.165, 1.54) is 37.7 Å². The summed E-state index contributed by atoms with van der Waals surface area (Å²) in [5.74, 6) is 0.910. The summed E-state index contributed by atoms with van der Waals surface area (Å²) < 4.78 is 0. The number of carbonyl (C=O) groups is 2. The fraction of sp³-hybridized carbons (Fsp3) is 0.652. The second kappa shape index (κ2) is 13.9. The number of urea groups is 1. The van der Waals surface area contributed by atoms with E-state index in [-0.39, 0.29) is 12.5 Å². The Morgan fingerprint density at radius 1 is 1.13 bits per heavy atom. The largest absolute Gasteiger partial charge is 0.483 e. The highest BCUT2D eigenvalue weighted by molar-refractivity contribution is 5.74. The molecule has 168 valence electrons. The minimum absolute atomic E-state index is 0.117. The second-order valence-electron chi connectivity index (χ2n) is 8.27. The normalized spacial score (nSPS) is 17.2. The van der Waals surface area contributed by atoms with Gasteiger partial charge in [0.2, 0.25) is 0 Å². The topological polar surface area (TPSA) is 108 Å². The van der Waals surface area contributed by atoms with Crippen molar-refractivity contribution >= 4 is 18.2 Å². The summed E-state index contributed by atoms with van der Waals surface area (Å²) in [6, 6.07) is 9.11. The summed E-state index contributed by atoms with van der Waals surface area (Å²) in [7, 11) is 0. The van der Waals surface area contributed by atoms with Crippen LogP contribution in [0.15, 0.2) is 24.3 Å². The summed E-state index contributed by atoms with van der Waals surface area (Å²) in [6.45, 7) is 2.92. The van der Waals surface area contributed by atoms with Gasteiger partial charge in [0, 0.05) is 31.4 Å². The monoisotopic (exact) mass is 418 g/mol. The van der Waals surface area contributed by atoms with E-state index in [0.29, 0.717) is 12.6 Å². The zero-order valence-electron chi connectivity index (χ0n) is 18.0. The highest BCUT2D eigenvalue weighted by atomic mass is 16.3. The van der Waals surface area contributed by atoms with Crippen LogP contribution in [0, 0.1) is 5.92 Å². The lowest BCUT2D eigenvalue weighted by Crippen LogP contribution is -2.47. The SMILES string of the molecule is NCCc1ccc(NC2CCN(C(=O)NCCCC3CCCC3)CC2)cc1.O=CO. The lowest BCUT2D eigenvalue weighted by Gasteiger charge is -2.33. The van der Waals surface area contributed by atoms with Crippen LogP contribution in [0.3, 0.4) is 0 Å². The molecule has 0 radical (unpaired) electrons. The molecule has 7 nitrogen and oxygen atoms in total. The first-order valence-corrected chi connectivity index (χ1v) is 11.3. The van der Waals surface area contributed by atoms with Gasteiger partial charge in [-0.05, 0) is 62.3 Å². The van der Waals surface area contributed by atoms with E-state index in [2.05, 4.69) is 34.9 Å². The fourth-order valence-electron chi connectivity index (χ4n) is 4.39. The smallest absolute Gasteiger partial charge is 0.317 e. The number of hydrogen-bond acceptors (Lipinski definition) is 4. The number of carbonyl (C=O) groups excluding carboxylic acids is 1. The van der Waals surface area contributed by atoms with Crippen molar-refractivity contribution in [1.82, 2.24) is 10.2 Å². The molecular weight excluding hydrogens is 380 g/mol. The molecule has 1 saturated heterocycles. The van der Waals surface area contributed by atoms with Crippen LogP contribution in [-0.4, -0.2) is 54.7 Å². The number of likely N-dealkylation sites (tertiary alicyclic amines) is 1. The van der Waals surface area contributed by atoms with Crippen molar-refractivity contribution in [2.75, 3.05) is 31.5 Å². The molecule has 1 heterocycles. The Bertz CT molecular complexity index is 609. The maximum Gasteiger partial charge on any atom is 0.317 e. The molecule has 7 heteroatoms. The molecule has 1 aromatic carbocycles. The fourth-order valence-corrected chi connectivity index (χ4v) is 4.39. The van der Waals surface area contributed by atoms with Crippen LogP contribution in [-0.2, 0) is 11.2 Å². The number of nitrogens with one attached hydrogen (secondary N) is 2. The molecule has 0 atom stereocenters. The number of hydrogen-bond donors (Lipinski definition) is 4. The van der Waals surface area contributed by atoms with Crippen molar-refractivity contribution in [1.29, 1.82) is 0 Å². The standard InChI is InChI=1S/C22H36N4O.CH2O2/c23-14-11-19-7-9-20(10-8-19)25-21-12-16-26(17-13-21)22(27)24-15-3-6-18-4-1-2-5-18;2-1-3/h7-10,18,21,25H,1-6,11-17,23H2,(H,24,27);1H,(H,2,3). The van der Waals surface area contributed by atoms with Gasteiger partial charge in [0.1, 0.15) is 0 Å². The molecule has 1 saturated carbocycles. The number of amides is 2. The van der Waals surface area contributed by atoms with Gasteiger partial charge in [-0.3, -0.25) is 4.79 Å². The first-order valence-electron chi connectivity index (χ1n) is 11.3. The Morgan fingerprint density at radius 3 is 2.37 bits per heavy atom. The van der Waals surface area contributed by atoms with E-state index in [1.807, 2.05) is 4.90 Å². The van der Waals surface area contributed by atoms with Gasteiger partial charge in [-0.2, -0.15) is 0 Å². The van der Waals surface area contributed by atoms with Crippen molar-refractivity contribution in [2.45, 2.75) is 63.8 Å². The highest BCUT2D eigenvalue weighted by Crippen LogP contribution is 2.28. The predicted molar refractivity (Wildman–Crippen MR) is 121 cm³/mol. The lowest BCUT2D eigenvalue weighted by molar-refractivity contribution is -0.122. The minimum Gasteiger partial charge on any atom is -0.483 e. The van der Waals surface area contributed by atoms with E-state index in [0.717, 1.165) is 56.9 Å². The molecule has 1 aliphatic carbocycles. The first-order chi connectivity index (χ1) is 14.7. The maximum atomic E-state index is 12.3. The molecule has 0 spiro atoms. The van der Waals surface area contributed by atoms with Gasteiger partial charge in [-0.1, -0.05) is 37.8 Å². The molecule has 0 bridgehead atoms. The molecule has 0 aromatic heterocycles. The van der Waals surface area contributed by atoms with Crippen LogP contribution in [0.5, 0.6) is 0 Å². The van der Waals surface area contributed by atoms with Crippen molar-refractivity contribution in [2.24, 2.45) is 11.7 Å². The Labute approximate surface area is 180 Å². The Balaban J connectivity index is 0.00000101. The van der Waals surface area contributed by atoms with Crippen LogP contribution < -0.4 is 16.4 Å². The number of nitrogens with two attached hydrogens (primary N) is 1. The third kappa shape index (κ3) is 8.61. The number of anilines is 1. The van der Waals surface area contributed by atoms with Crippen LogP contribution in [0.2, 0.25) is 0 Å². The summed E-state index contributed by atoms with van der Waals surface area (Å²) in [4.78, 5) is 22.7. The minimum atomic E-state index is -0.250. The zero-order chi connectivity index (χ0) is 21.6. The van der Waals surface area contributed by atoms with Crippen molar-refractivity contribution in [3.63, 3.8) is 0 Å². The summed E-state index contributed by atoms with van der Waals surface area (Å²) >= 11 is 0. The third-order valence-electron chi connectivity index (χ3n) is 6.08. The van der Waals surface area contributed by atoms with Gasteiger partial charge in [-0.15, -0.1) is 0 Å². The number of benzene rings is 1. The molecule has 1 aliphatic heterocycles. The van der Waals surface area contributed by atoms with Gasteiger partial charge in [0.25, 0.3) is 6.47 Å². The molecule has 2 aliphatic rings. The number of rotatable bonds is 8. The van der Waals surface area contributed by atoms with E-state index in [1.54, 1.807) is 0 Å². The molecule has 2 amide bonds. The molecule has 2 fully saturated rings. The quantitative estimate of drug-likeness (QED) is 0.382. The Morgan fingerprint density at radius 2 is 1.77 bits per heavy atom. The van der Waals surface area contributed by atoms with E-state index in [9.17, 15) is 4.79 Å². The highest BCUT2D eigenvalue weighted by Gasteiger charge is 2.22. The Hall–Kier alpha value is -2.28. The third-order valence-corrected chi connectivity index (χ3v) is 6.08. The molecule has 5 N–H and O–H groups in total. The summed E-state index contributed by atoms with van der Waals surface area (Å²) in [6.07, 6.45) is 10.9. The molecule has 3 rings (SSSR count). The average Bonchev–Trinajstić information content (AvgIpc) is 3.27. The van der Waals surface area contributed by atoms with Crippen LogP contribution in [0.1, 0.15) is 56.9 Å². The van der Waals surface area contributed by atoms with E-state index >= 15 is 0 Å². The maximum absolute atomic E-state index is 12.3. The van der Waals surface area contributed by atoms with Crippen LogP contribution >= 0.6 is 0 Å². The summed E-state index contributed by atoms with van der Waals surface area (Å²) in [5, 5.41) is 13.6. The van der Waals surface area contributed by atoms with Gasteiger partial charge in [-0.25, -0.2) is 4.79 Å². The molecule has 0 unspecified atom stereocenters. The lowest BCUT2D eigenvalue weighted by atomic mass is 10.0. The van der Waals surface area contributed by atoms with Crippen molar-refractivity contribution < 1.29 is 14.7 Å². The van der Waals surface area contributed by atoms with E-state index < -0.39 is 0 Å². The van der Waals surface area contributed by atoms with Crippen LogP contribution in [0.4, 0.5) is 10.5 Å². The second-order valence-corrected chi connectivity index (χ2v) is 8.27. The number of carboxylic acid groups (broad SMARTS) is 1.